The van der Waals surface area contributed by atoms with E-state index in [2.05, 4.69) is 81.1 Å². The van der Waals surface area contributed by atoms with E-state index in [1.165, 1.54) is 27.5 Å². The average Bonchev–Trinajstić information content (AvgIpc) is 3.28. The molecule has 124 valence electrons. The molecule has 2 aromatic rings. The minimum Gasteiger partial charge on any atom is -0.396 e. The van der Waals surface area contributed by atoms with Gasteiger partial charge in [-0.3, -0.25) is 0 Å². The fourth-order valence-electron chi connectivity index (χ4n) is 4.45. The summed E-state index contributed by atoms with van der Waals surface area (Å²) in [6.45, 7) is 9.15. The number of fused-ring (bicyclic) bond motifs is 5. The summed E-state index contributed by atoms with van der Waals surface area (Å²) in [5, 5.41) is 12.6. The van der Waals surface area contributed by atoms with Gasteiger partial charge in [0.1, 0.15) is 0 Å². The molecule has 4 rings (SSSR count). The van der Waals surface area contributed by atoms with Gasteiger partial charge in [-0.15, -0.1) is 0 Å². The van der Waals surface area contributed by atoms with E-state index < -0.39 is 0 Å². The second-order valence-electron chi connectivity index (χ2n) is 8.14. The van der Waals surface area contributed by atoms with Gasteiger partial charge in [0.2, 0.25) is 0 Å². The third kappa shape index (κ3) is 2.16. The van der Waals surface area contributed by atoms with E-state index in [4.69, 9.17) is 0 Å². The van der Waals surface area contributed by atoms with Crippen molar-refractivity contribution in [2.45, 2.75) is 45.1 Å². The summed E-state index contributed by atoms with van der Waals surface area (Å²) in [7, 11) is 0. The van der Waals surface area contributed by atoms with Crippen LogP contribution in [0.3, 0.4) is 0 Å². The molecule has 0 amide bonds. The highest BCUT2D eigenvalue weighted by Crippen LogP contribution is 2.55. The number of nitrogens with zero attached hydrogens (tertiary/aromatic N) is 1. The second-order valence-corrected chi connectivity index (χ2v) is 8.14. The minimum absolute atomic E-state index is 0.102. The zero-order valence-electron chi connectivity index (χ0n) is 15.0. The van der Waals surface area contributed by atoms with Crippen LogP contribution in [0, 0.1) is 5.92 Å². The SMILES string of the molecule is C/C=C\[N+]1=Cc2cc(C(C)(C)C)c3ccccc3c2C2C(CO)C21. The van der Waals surface area contributed by atoms with E-state index >= 15 is 0 Å². The molecule has 1 aliphatic heterocycles. The molecule has 0 spiro atoms. The third-order valence-electron chi connectivity index (χ3n) is 5.55. The Kier molecular flexibility index (Phi) is 3.43. The summed E-state index contributed by atoms with van der Waals surface area (Å²) < 4.78 is 2.30. The largest absolute Gasteiger partial charge is 0.396 e. The normalized spacial score (nSPS) is 25.5. The van der Waals surface area contributed by atoms with E-state index in [-0.39, 0.29) is 12.0 Å². The standard InChI is InChI=1S/C22H26NO/c1-5-10-23-12-14-11-18(22(2,3)4)15-8-6-7-9-16(15)19(14)20-17(13-24)21(20)23/h5-12,17,20-21,24H,13H2,1-4H3/q+1/b10-5-. The lowest BCUT2D eigenvalue weighted by atomic mass is 9.80. The zero-order valence-corrected chi connectivity index (χ0v) is 15.0. The summed E-state index contributed by atoms with van der Waals surface area (Å²) in [4.78, 5) is 0. The lowest BCUT2D eigenvalue weighted by molar-refractivity contribution is -0.473. The van der Waals surface area contributed by atoms with E-state index in [0.29, 0.717) is 17.9 Å². The maximum atomic E-state index is 9.84. The Morgan fingerprint density at radius 2 is 1.88 bits per heavy atom. The van der Waals surface area contributed by atoms with Gasteiger partial charge in [0.25, 0.3) is 0 Å². The fraction of sp³-hybridized carbons (Fsp3) is 0.409. The predicted octanol–water partition coefficient (Wildman–Crippen LogP) is 4.19. The highest BCUT2D eigenvalue weighted by atomic mass is 16.3. The van der Waals surface area contributed by atoms with Crippen molar-refractivity contribution >= 4 is 17.0 Å². The molecule has 1 heterocycles. The second kappa shape index (κ2) is 5.29. The van der Waals surface area contributed by atoms with Gasteiger partial charge < -0.3 is 5.11 Å². The first-order valence-electron chi connectivity index (χ1n) is 8.89. The van der Waals surface area contributed by atoms with Crippen molar-refractivity contribution in [1.82, 2.24) is 0 Å². The molecule has 3 unspecified atom stereocenters. The molecule has 0 aromatic heterocycles. The number of aliphatic hydroxyl groups is 1. The molecule has 2 aromatic carbocycles. The molecule has 24 heavy (non-hydrogen) atoms. The van der Waals surface area contributed by atoms with Crippen LogP contribution < -0.4 is 0 Å². The zero-order chi connectivity index (χ0) is 17.1. The first-order chi connectivity index (χ1) is 11.5. The number of hydrogen-bond acceptors (Lipinski definition) is 1. The molecule has 1 N–H and O–H groups in total. The van der Waals surface area contributed by atoms with Crippen LogP contribution in [0.2, 0.25) is 0 Å². The van der Waals surface area contributed by atoms with Crippen LogP contribution >= 0.6 is 0 Å². The van der Waals surface area contributed by atoms with Crippen LogP contribution in [0.4, 0.5) is 0 Å². The van der Waals surface area contributed by atoms with Crippen LogP contribution in [0.1, 0.15) is 50.3 Å². The highest BCUT2D eigenvalue weighted by Gasteiger charge is 2.61. The molecule has 2 aliphatic rings. The van der Waals surface area contributed by atoms with Crippen molar-refractivity contribution in [3.05, 3.63) is 59.3 Å². The van der Waals surface area contributed by atoms with Crippen molar-refractivity contribution in [2.24, 2.45) is 5.92 Å². The predicted molar refractivity (Wildman–Crippen MR) is 100.0 cm³/mol. The van der Waals surface area contributed by atoms with Gasteiger partial charge in [0.05, 0.1) is 18.4 Å². The quantitative estimate of drug-likeness (QED) is 0.824. The van der Waals surface area contributed by atoms with Gasteiger partial charge in [-0.1, -0.05) is 45.0 Å². The molecule has 1 aliphatic carbocycles. The summed E-state index contributed by atoms with van der Waals surface area (Å²) in [5.74, 6) is 0.771. The molecule has 2 nitrogen and oxygen atoms in total. The Morgan fingerprint density at radius 3 is 2.50 bits per heavy atom. The first-order valence-corrected chi connectivity index (χ1v) is 8.89. The van der Waals surface area contributed by atoms with Crippen molar-refractivity contribution in [3.8, 4) is 0 Å². The van der Waals surface area contributed by atoms with E-state index in [9.17, 15) is 5.11 Å². The molecule has 3 atom stereocenters. The van der Waals surface area contributed by atoms with Gasteiger partial charge >= 0.3 is 0 Å². The maximum Gasteiger partial charge on any atom is 0.176 e. The lowest BCUT2D eigenvalue weighted by Crippen LogP contribution is -2.20. The molecule has 0 bridgehead atoms. The molecule has 0 radical (unpaired) electrons. The Labute approximate surface area is 144 Å². The Balaban J connectivity index is 2.04. The molecular formula is C22H26NO+. The number of rotatable bonds is 2. The monoisotopic (exact) mass is 320 g/mol. The van der Waals surface area contributed by atoms with Crippen molar-refractivity contribution in [2.75, 3.05) is 6.61 Å². The molecular weight excluding hydrogens is 294 g/mol. The third-order valence-corrected chi connectivity index (χ3v) is 5.55. The maximum absolute atomic E-state index is 9.84. The van der Waals surface area contributed by atoms with Crippen molar-refractivity contribution in [1.29, 1.82) is 0 Å². The first kappa shape index (κ1) is 15.6. The van der Waals surface area contributed by atoms with Crippen LogP contribution in [0.15, 0.2) is 42.6 Å². The Hall–Kier alpha value is -1.93. The van der Waals surface area contributed by atoms with Crippen LogP contribution in [-0.2, 0) is 5.41 Å². The van der Waals surface area contributed by atoms with E-state index in [0.717, 1.165) is 0 Å². The summed E-state index contributed by atoms with van der Waals surface area (Å²) in [6, 6.07) is 11.6. The van der Waals surface area contributed by atoms with Crippen molar-refractivity contribution in [3.63, 3.8) is 0 Å². The van der Waals surface area contributed by atoms with Gasteiger partial charge in [0.15, 0.2) is 18.5 Å². The Morgan fingerprint density at radius 1 is 1.17 bits per heavy atom. The summed E-state index contributed by atoms with van der Waals surface area (Å²) in [6.07, 6.45) is 6.49. The van der Waals surface area contributed by atoms with E-state index in [1.807, 2.05) is 0 Å². The summed E-state index contributed by atoms with van der Waals surface area (Å²) in [5.41, 5.74) is 4.25. The van der Waals surface area contributed by atoms with E-state index in [1.54, 1.807) is 0 Å². The number of allylic oxidation sites excluding steroid dienone is 1. The number of benzene rings is 2. The molecule has 0 saturated heterocycles. The lowest BCUT2D eigenvalue weighted by Gasteiger charge is -2.24. The van der Waals surface area contributed by atoms with Crippen LogP contribution in [0.25, 0.3) is 10.8 Å². The van der Waals surface area contributed by atoms with Crippen LogP contribution in [0.5, 0.6) is 0 Å². The van der Waals surface area contributed by atoms with Gasteiger partial charge in [-0.25, -0.2) is 4.58 Å². The van der Waals surface area contributed by atoms with Gasteiger partial charge in [-0.05, 0) is 46.4 Å². The van der Waals surface area contributed by atoms with Crippen molar-refractivity contribution < 1.29 is 9.68 Å². The smallest absolute Gasteiger partial charge is 0.176 e. The van der Waals surface area contributed by atoms with Crippen LogP contribution in [-0.4, -0.2) is 28.5 Å². The minimum atomic E-state index is 0.102. The number of hydrogen-bond donors (Lipinski definition) is 1. The average molecular weight is 320 g/mol. The molecule has 1 fully saturated rings. The fourth-order valence-corrected chi connectivity index (χ4v) is 4.45. The Bertz CT molecular complexity index is 869. The molecule has 1 saturated carbocycles. The van der Waals surface area contributed by atoms with Gasteiger partial charge in [0, 0.05) is 5.56 Å². The number of aliphatic hydroxyl groups excluding tert-OH is 1. The topological polar surface area (TPSA) is 23.2 Å². The summed E-state index contributed by atoms with van der Waals surface area (Å²) >= 11 is 0. The van der Waals surface area contributed by atoms with Gasteiger partial charge in [-0.2, -0.15) is 0 Å². The molecule has 2 heteroatoms. The highest BCUT2D eigenvalue weighted by molar-refractivity contribution is 5.98.